The molecule has 2 aromatic heterocycles. The number of fused-ring (bicyclic) bond motifs is 3. The fraction of sp³-hybridized carbons (Fsp3) is 0.308. The Balaban J connectivity index is 1.47. The van der Waals surface area contributed by atoms with Crippen molar-refractivity contribution in [2.45, 2.75) is 39.7 Å². The Hall–Kier alpha value is -2.54. The highest BCUT2D eigenvalue weighted by Crippen LogP contribution is 2.37. The van der Waals surface area contributed by atoms with Crippen molar-refractivity contribution in [2.24, 2.45) is 5.92 Å². The van der Waals surface area contributed by atoms with Crippen LogP contribution in [-0.4, -0.2) is 16.6 Å². The van der Waals surface area contributed by atoms with Crippen molar-refractivity contribution in [3.05, 3.63) is 72.8 Å². The third-order valence-electron chi connectivity index (χ3n) is 6.08. The highest BCUT2D eigenvalue weighted by molar-refractivity contribution is 7.18. The normalized spacial score (nSPS) is 15.4. The quantitative estimate of drug-likeness (QED) is 0.299. The molecule has 0 saturated carbocycles. The number of ether oxygens (including phenoxy) is 2. The fourth-order valence-corrected chi connectivity index (χ4v) is 6.17. The Morgan fingerprint density at radius 1 is 1.15 bits per heavy atom. The van der Waals surface area contributed by atoms with Crippen LogP contribution >= 0.6 is 34.5 Å². The van der Waals surface area contributed by atoms with Crippen LogP contribution in [0.4, 0.5) is 0 Å². The smallest absolute Gasteiger partial charge is 0.260 e. The summed E-state index contributed by atoms with van der Waals surface area (Å²) in [5, 5.41) is 1.87. The largest absolute Gasteiger partial charge is 0.490 e. The number of hydrogen-bond donors (Lipinski definition) is 1. The second kappa shape index (κ2) is 9.61. The zero-order valence-corrected chi connectivity index (χ0v) is 21.2. The highest BCUT2D eigenvalue weighted by atomic mass is 35.5. The SMILES string of the molecule is CCOc1cc(-c2nc3sc4c(c3c(=O)[nH]2)CC[C@@H](C)C4)ccc1OCc1ccc(Cl)cc1Cl. The van der Waals surface area contributed by atoms with E-state index in [0.717, 1.165) is 40.6 Å². The average Bonchev–Trinajstić information content (AvgIpc) is 3.17. The third-order valence-corrected chi connectivity index (χ3v) is 7.82. The van der Waals surface area contributed by atoms with Crippen LogP contribution in [0, 0.1) is 5.92 Å². The van der Waals surface area contributed by atoms with E-state index in [1.807, 2.05) is 31.2 Å². The van der Waals surface area contributed by atoms with E-state index in [1.54, 1.807) is 23.5 Å². The van der Waals surface area contributed by atoms with E-state index in [-0.39, 0.29) is 12.2 Å². The number of nitrogens with one attached hydrogen (secondary N) is 1. The molecule has 176 valence electrons. The van der Waals surface area contributed by atoms with Crippen LogP contribution in [0.15, 0.2) is 41.2 Å². The van der Waals surface area contributed by atoms with Crippen LogP contribution in [0.2, 0.25) is 10.0 Å². The van der Waals surface area contributed by atoms with Crippen molar-refractivity contribution in [2.75, 3.05) is 6.61 Å². The van der Waals surface area contributed by atoms with Gasteiger partial charge in [0.05, 0.1) is 12.0 Å². The minimum absolute atomic E-state index is 0.0808. The first-order chi connectivity index (χ1) is 16.4. The Morgan fingerprint density at radius 2 is 2.00 bits per heavy atom. The van der Waals surface area contributed by atoms with Gasteiger partial charge < -0.3 is 14.5 Å². The number of benzene rings is 2. The molecule has 5 rings (SSSR count). The van der Waals surface area contributed by atoms with Gasteiger partial charge in [0.1, 0.15) is 17.3 Å². The van der Waals surface area contributed by atoms with E-state index < -0.39 is 0 Å². The van der Waals surface area contributed by atoms with E-state index in [0.29, 0.717) is 39.9 Å². The molecule has 0 radical (unpaired) electrons. The number of halogens is 2. The van der Waals surface area contributed by atoms with Crippen molar-refractivity contribution in [3.63, 3.8) is 0 Å². The highest BCUT2D eigenvalue weighted by Gasteiger charge is 2.23. The number of aromatic amines is 1. The Bertz CT molecular complexity index is 1430. The van der Waals surface area contributed by atoms with Crippen molar-refractivity contribution in [1.29, 1.82) is 0 Å². The Labute approximate surface area is 211 Å². The maximum absolute atomic E-state index is 13.0. The zero-order valence-electron chi connectivity index (χ0n) is 18.9. The van der Waals surface area contributed by atoms with Gasteiger partial charge in [0.25, 0.3) is 5.56 Å². The number of rotatable bonds is 6. The number of aryl methyl sites for hydroxylation is 1. The maximum atomic E-state index is 13.0. The molecule has 1 aliphatic rings. The molecule has 0 saturated heterocycles. The molecule has 8 heteroatoms. The van der Waals surface area contributed by atoms with Crippen LogP contribution < -0.4 is 15.0 Å². The summed E-state index contributed by atoms with van der Waals surface area (Å²) < 4.78 is 11.8. The van der Waals surface area contributed by atoms with Crippen LogP contribution in [0.25, 0.3) is 21.6 Å². The van der Waals surface area contributed by atoms with E-state index >= 15 is 0 Å². The summed E-state index contributed by atoms with van der Waals surface area (Å²) in [5.74, 6) is 2.33. The van der Waals surface area contributed by atoms with Gasteiger partial charge in [-0.1, -0.05) is 36.2 Å². The molecular weight excluding hydrogens is 491 g/mol. The van der Waals surface area contributed by atoms with Crippen LogP contribution in [0.1, 0.15) is 36.3 Å². The lowest BCUT2D eigenvalue weighted by Crippen LogP contribution is -2.13. The van der Waals surface area contributed by atoms with E-state index in [9.17, 15) is 4.79 Å². The average molecular weight is 515 g/mol. The lowest BCUT2D eigenvalue weighted by atomic mass is 9.89. The lowest BCUT2D eigenvalue weighted by Gasteiger charge is -2.17. The summed E-state index contributed by atoms with van der Waals surface area (Å²) in [6.45, 7) is 4.92. The maximum Gasteiger partial charge on any atom is 0.260 e. The van der Waals surface area contributed by atoms with Crippen LogP contribution in [-0.2, 0) is 19.4 Å². The van der Waals surface area contributed by atoms with Crippen LogP contribution in [0.5, 0.6) is 11.5 Å². The van der Waals surface area contributed by atoms with Crippen molar-refractivity contribution in [1.82, 2.24) is 9.97 Å². The molecule has 1 aliphatic carbocycles. The summed E-state index contributed by atoms with van der Waals surface area (Å²) in [6, 6.07) is 10.9. The molecule has 0 aliphatic heterocycles. The Kier molecular flexibility index (Phi) is 6.56. The summed E-state index contributed by atoms with van der Waals surface area (Å²) in [4.78, 5) is 22.9. The molecule has 2 aromatic carbocycles. The van der Waals surface area contributed by atoms with E-state index in [1.165, 1.54) is 10.4 Å². The minimum Gasteiger partial charge on any atom is -0.490 e. The molecule has 0 bridgehead atoms. The summed E-state index contributed by atoms with van der Waals surface area (Å²) in [5.41, 5.74) is 2.69. The van der Waals surface area contributed by atoms with Gasteiger partial charge in [-0.25, -0.2) is 4.98 Å². The minimum atomic E-state index is -0.0808. The van der Waals surface area contributed by atoms with Gasteiger partial charge >= 0.3 is 0 Å². The van der Waals surface area contributed by atoms with Crippen molar-refractivity contribution in [3.8, 4) is 22.9 Å². The number of aromatic nitrogens is 2. The number of nitrogens with zero attached hydrogens (tertiary/aromatic N) is 1. The number of H-pyrrole nitrogens is 1. The Morgan fingerprint density at radius 3 is 2.79 bits per heavy atom. The van der Waals surface area contributed by atoms with Crippen LogP contribution in [0.3, 0.4) is 0 Å². The van der Waals surface area contributed by atoms with Gasteiger partial charge in [0.15, 0.2) is 11.5 Å². The second-order valence-corrected chi connectivity index (χ2v) is 10.5. The van der Waals surface area contributed by atoms with Crippen molar-refractivity contribution >= 4 is 44.8 Å². The first kappa shape index (κ1) is 23.2. The van der Waals surface area contributed by atoms with E-state index in [4.69, 9.17) is 37.7 Å². The third kappa shape index (κ3) is 4.54. The summed E-state index contributed by atoms with van der Waals surface area (Å²) >= 11 is 13.9. The van der Waals surface area contributed by atoms with Gasteiger partial charge in [-0.3, -0.25) is 4.79 Å². The zero-order chi connectivity index (χ0) is 23.8. The summed E-state index contributed by atoms with van der Waals surface area (Å²) in [7, 11) is 0. The fourth-order valence-electron chi connectivity index (χ4n) is 4.32. The molecule has 0 spiro atoms. The van der Waals surface area contributed by atoms with Gasteiger partial charge in [-0.05, 0) is 68.0 Å². The van der Waals surface area contributed by atoms with E-state index in [2.05, 4.69) is 11.9 Å². The topological polar surface area (TPSA) is 64.2 Å². The molecule has 4 aromatic rings. The molecule has 0 unspecified atom stereocenters. The molecule has 34 heavy (non-hydrogen) atoms. The molecule has 0 amide bonds. The van der Waals surface area contributed by atoms with Gasteiger partial charge in [0.2, 0.25) is 0 Å². The molecular formula is C26H24Cl2N2O3S. The van der Waals surface area contributed by atoms with Crippen molar-refractivity contribution < 1.29 is 9.47 Å². The first-order valence-corrected chi connectivity index (χ1v) is 12.9. The standard InChI is InChI=1S/C26H24Cl2N2O3S/c1-3-32-21-11-15(6-9-20(21)33-13-16-5-7-17(27)12-19(16)28)24-29-25(31)23-18-8-4-14(2)10-22(18)34-26(23)30-24/h5-7,9,11-12,14H,3-4,8,10,13H2,1-2H3,(H,29,30,31)/t14-/m1/s1. The molecule has 1 atom stereocenters. The first-order valence-electron chi connectivity index (χ1n) is 11.3. The number of hydrogen-bond acceptors (Lipinski definition) is 5. The molecule has 2 heterocycles. The molecule has 1 N–H and O–H groups in total. The lowest BCUT2D eigenvalue weighted by molar-refractivity contribution is 0.269. The second-order valence-electron chi connectivity index (χ2n) is 8.57. The summed E-state index contributed by atoms with van der Waals surface area (Å²) in [6.07, 6.45) is 3.07. The number of thiophene rings is 1. The predicted octanol–water partition coefficient (Wildman–Crippen LogP) is 7.06. The molecule has 0 fully saturated rings. The van der Waals surface area contributed by atoms with Gasteiger partial charge in [0, 0.05) is 26.0 Å². The van der Waals surface area contributed by atoms with Gasteiger partial charge in [-0.2, -0.15) is 0 Å². The monoisotopic (exact) mass is 514 g/mol. The molecule has 5 nitrogen and oxygen atoms in total. The van der Waals surface area contributed by atoms with Gasteiger partial charge in [-0.15, -0.1) is 11.3 Å². The predicted molar refractivity (Wildman–Crippen MR) is 139 cm³/mol.